The summed E-state index contributed by atoms with van der Waals surface area (Å²) in [5.41, 5.74) is -0.321. The van der Waals surface area contributed by atoms with Crippen LogP contribution >= 0.6 is 0 Å². The maximum absolute atomic E-state index is 13.9. The molecule has 0 saturated carbocycles. The third kappa shape index (κ3) is 2.07. The van der Waals surface area contributed by atoms with Crippen LogP contribution in [0.25, 0.3) is 6.08 Å². The highest BCUT2D eigenvalue weighted by molar-refractivity contribution is 5.95. The fourth-order valence-corrected chi connectivity index (χ4v) is 2.00. The molecule has 0 atom stereocenters. The number of hydrogen-bond acceptors (Lipinski definition) is 1. The van der Waals surface area contributed by atoms with Crippen molar-refractivity contribution in [3.05, 3.63) is 41.5 Å². The molecule has 1 heterocycles. The largest absolute Gasteiger partial charge is 0.338 e. The van der Waals surface area contributed by atoms with Gasteiger partial charge in [0.05, 0.1) is 0 Å². The number of benzene rings is 1. The van der Waals surface area contributed by atoms with E-state index in [4.69, 9.17) is 0 Å². The Hall–Kier alpha value is -1.71. The number of amides is 1. The van der Waals surface area contributed by atoms with E-state index in [9.17, 15) is 13.6 Å². The van der Waals surface area contributed by atoms with Crippen LogP contribution in [0.5, 0.6) is 0 Å². The molecule has 1 aromatic rings. The Labute approximate surface area is 98.5 Å². The Morgan fingerprint density at radius 3 is 2.53 bits per heavy atom. The average Bonchev–Trinajstić information content (AvgIpc) is 2.82. The van der Waals surface area contributed by atoms with Gasteiger partial charge in [-0.05, 0) is 25.0 Å². The average molecular weight is 237 g/mol. The molecule has 0 radical (unpaired) electrons. The van der Waals surface area contributed by atoms with Crippen LogP contribution in [0.1, 0.15) is 28.8 Å². The topological polar surface area (TPSA) is 20.3 Å². The molecule has 0 bridgehead atoms. The Bertz CT molecular complexity index is 465. The van der Waals surface area contributed by atoms with Gasteiger partial charge in [0, 0.05) is 18.7 Å². The lowest BCUT2D eigenvalue weighted by Crippen LogP contribution is -2.29. The molecule has 0 aliphatic carbocycles. The lowest BCUT2D eigenvalue weighted by atomic mass is 10.1. The maximum Gasteiger partial charge on any atom is 0.259 e. The summed E-state index contributed by atoms with van der Waals surface area (Å²) < 4.78 is 27.4. The Balaban J connectivity index is 2.42. The van der Waals surface area contributed by atoms with Crippen molar-refractivity contribution in [1.82, 2.24) is 4.90 Å². The zero-order chi connectivity index (χ0) is 12.4. The van der Waals surface area contributed by atoms with Crippen LogP contribution in [0.2, 0.25) is 0 Å². The third-order valence-electron chi connectivity index (χ3n) is 2.95. The highest BCUT2D eigenvalue weighted by atomic mass is 19.1. The minimum absolute atomic E-state index is 0.147. The van der Waals surface area contributed by atoms with Crippen LogP contribution in [0.4, 0.5) is 8.78 Å². The van der Waals surface area contributed by atoms with E-state index in [-0.39, 0.29) is 5.56 Å². The van der Waals surface area contributed by atoms with Crippen molar-refractivity contribution < 1.29 is 13.6 Å². The molecule has 2 nitrogen and oxygen atoms in total. The van der Waals surface area contributed by atoms with Crippen LogP contribution in [0, 0.1) is 11.6 Å². The monoisotopic (exact) mass is 237 g/mol. The minimum Gasteiger partial charge on any atom is -0.338 e. The van der Waals surface area contributed by atoms with Crippen LogP contribution in [0.15, 0.2) is 18.7 Å². The van der Waals surface area contributed by atoms with Gasteiger partial charge in [-0.15, -0.1) is 0 Å². The smallest absolute Gasteiger partial charge is 0.259 e. The predicted octanol–water partition coefficient (Wildman–Crippen LogP) is 2.84. The van der Waals surface area contributed by atoms with Gasteiger partial charge in [0.25, 0.3) is 5.91 Å². The maximum atomic E-state index is 13.9. The van der Waals surface area contributed by atoms with Gasteiger partial charge < -0.3 is 4.90 Å². The van der Waals surface area contributed by atoms with E-state index in [1.807, 2.05) is 0 Å². The second-order valence-electron chi connectivity index (χ2n) is 4.03. The van der Waals surface area contributed by atoms with Crippen molar-refractivity contribution in [2.75, 3.05) is 13.1 Å². The SMILES string of the molecule is C=Cc1ccc(F)c(C(=O)N2CCCC2)c1F. The molecule has 0 N–H and O–H groups in total. The van der Waals surface area contributed by atoms with Gasteiger partial charge in [-0.1, -0.05) is 12.7 Å². The standard InChI is InChI=1S/C13H13F2NO/c1-2-9-5-6-10(14)11(12(9)15)13(17)16-7-3-4-8-16/h2,5-6H,1,3-4,7-8H2. The number of rotatable bonds is 2. The third-order valence-corrected chi connectivity index (χ3v) is 2.95. The second-order valence-corrected chi connectivity index (χ2v) is 4.03. The van der Waals surface area contributed by atoms with Gasteiger partial charge in [-0.3, -0.25) is 4.79 Å². The summed E-state index contributed by atoms with van der Waals surface area (Å²) in [4.78, 5) is 13.4. The van der Waals surface area contributed by atoms with Crippen molar-refractivity contribution in [3.63, 3.8) is 0 Å². The fourth-order valence-electron chi connectivity index (χ4n) is 2.00. The number of likely N-dealkylation sites (tertiary alicyclic amines) is 1. The molecule has 0 spiro atoms. The van der Waals surface area contributed by atoms with Crippen molar-refractivity contribution in [2.45, 2.75) is 12.8 Å². The Kier molecular flexibility index (Phi) is 3.22. The summed E-state index contributed by atoms with van der Waals surface area (Å²) in [6, 6.07) is 2.38. The molecule has 0 aromatic heterocycles. The molecule has 2 rings (SSSR count). The summed E-state index contributed by atoms with van der Waals surface area (Å²) in [5, 5.41) is 0. The molecule has 1 fully saturated rings. The Morgan fingerprint density at radius 1 is 1.29 bits per heavy atom. The summed E-state index contributed by atoms with van der Waals surface area (Å²) in [6.45, 7) is 4.56. The highest BCUT2D eigenvalue weighted by Crippen LogP contribution is 2.21. The summed E-state index contributed by atoms with van der Waals surface area (Å²) >= 11 is 0. The lowest BCUT2D eigenvalue weighted by molar-refractivity contribution is 0.0783. The summed E-state index contributed by atoms with van der Waals surface area (Å²) in [5.74, 6) is -2.21. The van der Waals surface area contributed by atoms with Crippen molar-refractivity contribution in [1.29, 1.82) is 0 Å². The molecule has 4 heteroatoms. The van der Waals surface area contributed by atoms with Crippen LogP contribution in [-0.4, -0.2) is 23.9 Å². The highest BCUT2D eigenvalue weighted by Gasteiger charge is 2.26. The molecule has 1 aliphatic rings. The minimum atomic E-state index is -0.822. The van der Waals surface area contributed by atoms with E-state index < -0.39 is 23.1 Å². The van der Waals surface area contributed by atoms with Gasteiger partial charge in [0.15, 0.2) is 0 Å². The normalized spacial score (nSPS) is 15.1. The van der Waals surface area contributed by atoms with Gasteiger partial charge in [0.1, 0.15) is 17.2 Å². The quantitative estimate of drug-likeness (QED) is 0.774. The number of nitrogens with zero attached hydrogens (tertiary/aromatic N) is 1. The van der Waals surface area contributed by atoms with Crippen LogP contribution in [-0.2, 0) is 0 Å². The molecule has 1 saturated heterocycles. The first-order valence-electron chi connectivity index (χ1n) is 5.55. The first-order valence-corrected chi connectivity index (χ1v) is 5.55. The van der Waals surface area contributed by atoms with E-state index in [0.717, 1.165) is 18.9 Å². The molecule has 17 heavy (non-hydrogen) atoms. The predicted molar refractivity (Wildman–Crippen MR) is 61.6 cm³/mol. The molecule has 1 aliphatic heterocycles. The lowest BCUT2D eigenvalue weighted by Gasteiger charge is -2.16. The zero-order valence-electron chi connectivity index (χ0n) is 9.38. The van der Waals surface area contributed by atoms with Crippen molar-refractivity contribution >= 4 is 12.0 Å². The van der Waals surface area contributed by atoms with Gasteiger partial charge >= 0.3 is 0 Å². The first kappa shape index (κ1) is 11.8. The number of halogens is 2. The Morgan fingerprint density at radius 2 is 1.94 bits per heavy atom. The van der Waals surface area contributed by atoms with E-state index in [1.54, 1.807) is 0 Å². The van der Waals surface area contributed by atoms with E-state index in [2.05, 4.69) is 6.58 Å². The van der Waals surface area contributed by atoms with Crippen molar-refractivity contribution in [2.24, 2.45) is 0 Å². The molecular weight excluding hydrogens is 224 g/mol. The number of carbonyl (C=O) groups excluding carboxylic acids is 1. The summed E-state index contributed by atoms with van der Waals surface area (Å²) in [6.07, 6.45) is 3.04. The fraction of sp³-hybridized carbons (Fsp3) is 0.308. The second kappa shape index (κ2) is 4.65. The number of carbonyl (C=O) groups is 1. The first-order chi connectivity index (χ1) is 8.15. The van der Waals surface area contributed by atoms with E-state index >= 15 is 0 Å². The van der Waals surface area contributed by atoms with Gasteiger partial charge in [-0.2, -0.15) is 0 Å². The molecular formula is C13H13F2NO. The van der Waals surface area contributed by atoms with Crippen molar-refractivity contribution in [3.8, 4) is 0 Å². The van der Waals surface area contributed by atoms with Crippen LogP contribution < -0.4 is 0 Å². The molecule has 0 unspecified atom stereocenters. The summed E-state index contributed by atoms with van der Waals surface area (Å²) in [7, 11) is 0. The molecule has 1 aromatic carbocycles. The van der Waals surface area contributed by atoms with E-state index in [0.29, 0.717) is 13.1 Å². The number of hydrogen-bond donors (Lipinski definition) is 0. The molecule has 90 valence electrons. The van der Waals surface area contributed by atoms with Gasteiger partial charge in [-0.25, -0.2) is 8.78 Å². The van der Waals surface area contributed by atoms with Crippen LogP contribution in [0.3, 0.4) is 0 Å². The zero-order valence-corrected chi connectivity index (χ0v) is 9.38. The molecule has 1 amide bonds. The van der Waals surface area contributed by atoms with E-state index in [1.165, 1.54) is 17.0 Å². The van der Waals surface area contributed by atoms with Gasteiger partial charge in [0.2, 0.25) is 0 Å².